The first kappa shape index (κ1) is 20.0. The molecular formula is C21H20N2O6S. The zero-order chi connectivity index (χ0) is 21.6. The van der Waals surface area contributed by atoms with Gasteiger partial charge in [-0.15, -0.1) is 0 Å². The largest absolute Gasteiger partial charge is 0.476 e. The molecule has 156 valence electrons. The van der Waals surface area contributed by atoms with Crippen molar-refractivity contribution in [2.24, 2.45) is 0 Å². The minimum Gasteiger partial charge on any atom is -0.476 e. The molecule has 0 fully saturated rings. The molecule has 0 unspecified atom stereocenters. The summed E-state index contributed by atoms with van der Waals surface area (Å²) in [4.78, 5) is 25.5. The highest BCUT2D eigenvalue weighted by molar-refractivity contribution is 7.92. The van der Waals surface area contributed by atoms with Crippen molar-refractivity contribution < 1.29 is 27.5 Å². The predicted molar refractivity (Wildman–Crippen MR) is 112 cm³/mol. The topological polar surface area (TPSA) is 94.9 Å². The number of benzene rings is 2. The van der Waals surface area contributed by atoms with E-state index in [0.29, 0.717) is 22.3 Å². The Morgan fingerprint density at radius 1 is 1.17 bits per heavy atom. The van der Waals surface area contributed by atoms with E-state index < -0.39 is 28.0 Å². The number of nitrogens with zero attached hydrogens (tertiary/aromatic N) is 2. The number of hydrogen-bond acceptors (Lipinski definition) is 6. The molecule has 0 spiro atoms. The van der Waals surface area contributed by atoms with Gasteiger partial charge in [-0.2, -0.15) is 0 Å². The molecule has 0 saturated carbocycles. The Bertz CT molecular complexity index is 1280. The van der Waals surface area contributed by atoms with Gasteiger partial charge < -0.3 is 9.47 Å². The molecule has 1 aliphatic rings. The lowest BCUT2D eigenvalue weighted by molar-refractivity contribution is 0.0602. The van der Waals surface area contributed by atoms with Crippen molar-refractivity contribution >= 4 is 38.5 Å². The second-order valence-corrected chi connectivity index (χ2v) is 9.04. The van der Waals surface area contributed by atoms with Crippen molar-refractivity contribution in [3.63, 3.8) is 0 Å². The number of ether oxygens (including phenoxy) is 2. The van der Waals surface area contributed by atoms with Gasteiger partial charge in [-0.25, -0.2) is 13.2 Å². The number of rotatable bonds is 3. The number of sulfonamides is 1. The summed E-state index contributed by atoms with van der Waals surface area (Å²) in [7, 11) is -2.37. The van der Waals surface area contributed by atoms with Gasteiger partial charge in [0, 0.05) is 11.6 Å². The summed E-state index contributed by atoms with van der Waals surface area (Å²) in [6.07, 6.45) is 1.40. The van der Waals surface area contributed by atoms with Crippen molar-refractivity contribution in [2.45, 2.75) is 13.0 Å². The Balaban J connectivity index is 1.80. The van der Waals surface area contributed by atoms with Gasteiger partial charge in [0.05, 0.1) is 36.7 Å². The number of hydrogen-bond donors (Lipinski definition) is 0. The van der Waals surface area contributed by atoms with Crippen LogP contribution in [0.4, 0.5) is 5.69 Å². The maximum absolute atomic E-state index is 13.4. The van der Waals surface area contributed by atoms with Crippen LogP contribution in [0.15, 0.2) is 48.7 Å². The smallest absolute Gasteiger partial charge is 0.340 e. The van der Waals surface area contributed by atoms with Crippen molar-refractivity contribution in [3.8, 4) is 5.75 Å². The molecule has 0 amide bonds. The lowest BCUT2D eigenvalue weighted by Crippen LogP contribution is -2.48. The molecule has 3 aromatic rings. The maximum atomic E-state index is 13.4. The first-order valence-corrected chi connectivity index (χ1v) is 11.0. The van der Waals surface area contributed by atoms with E-state index in [-0.39, 0.29) is 12.1 Å². The first-order valence-electron chi connectivity index (χ1n) is 9.18. The van der Waals surface area contributed by atoms with E-state index in [1.54, 1.807) is 42.5 Å². The zero-order valence-corrected chi connectivity index (χ0v) is 17.5. The van der Waals surface area contributed by atoms with Gasteiger partial charge in [-0.05, 0) is 30.7 Å². The molecule has 1 aromatic heterocycles. The average molecular weight is 428 g/mol. The monoisotopic (exact) mass is 428 g/mol. The Morgan fingerprint density at radius 3 is 2.60 bits per heavy atom. The quantitative estimate of drug-likeness (QED) is 0.595. The number of carbonyl (C=O) groups is 2. The number of methoxy groups -OCH3 is 1. The number of para-hydroxylation sites is 1. The molecule has 0 radical (unpaired) electrons. The summed E-state index contributed by atoms with van der Waals surface area (Å²) in [5.41, 5.74) is 2.01. The van der Waals surface area contributed by atoms with Gasteiger partial charge in [0.1, 0.15) is 5.75 Å². The fourth-order valence-corrected chi connectivity index (χ4v) is 4.51. The fourth-order valence-electron chi connectivity index (χ4n) is 3.59. The van der Waals surface area contributed by atoms with Crippen LogP contribution in [0.25, 0.3) is 10.9 Å². The molecule has 0 bridgehead atoms. The van der Waals surface area contributed by atoms with Gasteiger partial charge in [-0.1, -0.05) is 24.3 Å². The number of esters is 1. The van der Waals surface area contributed by atoms with Crippen LogP contribution in [-0.2, 0) is 14.8 Å². The van der Waals surface area contributed by atoms with Gasteiger partial charge in [-0.3, -0.25) is 13.7 Å². The third-order valence-electron chi connectivity index (χ3n) is 5.02. The third kappa shape index (κ3) is 3.30. The van der Waals surface area contributed by atoms with Crippen molar-refractivity contribution in [3.05, 3.63) is 59.8 Å². The van der Waals surface area contributed by atoms with Crippen LogP contribution in [-0.4, -0.2) is 50.9 Å². The predicted octanol–water partition coefficient (Wildman–Crippen LogP) is 2.60. The van der Waals surface area contributed by atoms with E-state index in [2.05, 4.69) is 0 Å². The van der Waals surface area contributed by atoms with E-state index in [4.69, 9.17) is 9.47 Å². The lowest BCUT2D eigenvalue weighted by atomic mass is 10.1. The molecule has 0 saturated heterocycles. The van der Waals surface area contributed by atoms with Crippen molar-refractivity contribution in [1.29, 1.82) is 0 Å². The van der Waals surface area contributed by atoms with E-state index >= 15 is 0 Å². The number of fused-ring (bicyclic) bond motifs is 2. The highest BCUT2D eigenvalue weighted by atomic mass is 32.2. The number of carbonyl (C=O) groups excluding carboxylic acids is 2. The Kier molecular flexibility index (Phi) is 4.77. The maximum Gasteiger partial charge on any atom is 0.340 e. The third-order valence-corrected chi connectivity index (χ3v) is 6.16. The molecule has 2 heterocycles. The van der Waals surface area contributed by atoms with Crippen LogP contribution in [0.1, 0.15) is 20.7 Å². The van der Waals surface area contributed by atoms with Gasteiger partial charge in [0.15, 0.2) is 6.10 Å². The Labute approximate surface area is 173 Å². The molecular weight excluding hydrogens is 408 g/mol. The molecule has 8 nitrogen and oxygen atoms in total. The second kappa shape index (κ2) is 7.17. The summed E-state index contributed by atoms with van der Waals surface area (Å²) in [6.45, 7) is 1.68. The average Bonchev–Trinajstić information content (AvgIpc) is 3.10. The number of anilines is 1. The Morgan fingerprint density at radius 2 is 1.90 bits per heavy atom. The van der Waals surface area contributed by atoms with Gasteiger partial charge in [0.2, 0.25) is 10.0 Å². The number of aryl methyl sites for hydroxylation is 1. The first-order chi connectivity index (χ1) is 14.2. The standard InChI is InChI=1S/C21H20N2O6S/c1-13-8-9-17-18(10-13)29-19(12-23(17)30(3,26)27)20(24)22-11-15(21(25)28-2)14-6-4-5-7-16(14)22/h4-11,19H,12H2,1-3H3/t19-/m1/s1. The van der Waals surface area contributed by atoms with Gasteiger partial charge >= 0.3 is 5.97 Å². The molecule has 0 aliphatic carbocycles. The normalized spacial score (nSPS) is 16.1. The molecule has 9 heteroatoms. The van der Waals surface area contributed by atoms with Crippen LogP contribution >= 0.6 is 0 Å². The van der Waals surface area contributed by atoms with E-state index in [1.165, 1.54) is 22.2 Å². The molecule has 0 N–H and O–H groups in total. The van der Waals surface area contributed by atoms with Crippen molar-refractivity contribution in [2.75, 3.05) is 24.2 Å². The fraction of sp³-hybridized carbons (Fsp3) is 0.238. The Hall–Kier alpha value is -3.33. The highest BCUT2D eigenvalue weighted by Crippen LogP contribution is 2.36. The molecule has 2 aromatic carbocycles. The highest BCUT2D eigenvalue weighted by Gasteiger charge is 2.36. The minimum atomic E-state index is -3.64. The zero-order valence-electron chi connectivity index (χ0n) is 16.7. The number of aromatic nitrogens is 1. The summed E-state index contributed by atoms with van der Waals surface area (Å²) in [5.74, 6) is -0.738. The second-order valence-electron chi connectivity index (χ2n) is 7.13. The van der Waals surface area contributed by atoms with Crippen LogP contribution in [0.2, 0.25) is 0 Å². The lowest BCUT2D eigenvalue weighted by Gasteiger charge is -2.34. The molecule has 4 rings (SSSR count). The van der Waals surface area contributed by atoms with E-state index in [1.807, 2.05) is 6.92 Å². The SMILES string of the molecule is COC(=O)c1cn(C(=O)[C@H]2CN(S(C)(=O)=O)c3ccc(C)cc3O2)c2ccccc12. The van der Waals surface area contributed by atoms with E-state index in [9.17, 15) is 18.0 Å². The molecule has 1 aliphatic heterocycles. The molecule has 30 heavy (non-hydrogen) atoms. The molecule has 1 atom stereocenters. The van der Waals surface area contributed by atoms with Crippen LogP contribution in [0.3, 0.4) is 0 Å². The minimum absolute atomic E-state index is 0.173. The van der Waals surface area contributed by atoms with Gasteiger partial charge in [0.25, 0.3) is 5.91 Å². The van der Waals surface area contributed by atoms with E-state index in [0.717, 1.165) is 11.8 Å². The summed E-state index contributed by atoms with van der Waals surface area (Å²) in [6, 6.07) is 12.1. The summed E-state index contributed by atoms with van der Waals surface area (Å²) < 4.78 is 38.0. The van der Waals surface area contributed by atoms with Crippen LogP contribution < -0.4 is 9.04 Å². The van der Waals surface area contributed by atoms with Crippen LogP contribution in [0, 0.1) is 6.92 Å². The van der Waals surface area contributed by atoms with Crippen molar-refractivity contribution in [1.82, 2.24) is 4.57 Å². The summed E-state index contributed by atoms with van der Waals surface area (Å²) >= 11 is 0. The summed E-state index contributed by atoms with van der Waals surface area (Å²) in [5, 5.41) is 0.560. The van der Waals surface area contributed by atoms with Crippen LogP contribution in [0.5, 0.6) is 5.75 Å².